The van der Waals surface area contributed by atoms with Crippen molar-refractivity contribution in [2.75, 3.05) is 7.05 Å². The van der Waals surface area contributed by atoms with Gasteiger partial charge in [-0.25, -0.2) is 0 Å². The zero-order valence-electron chi connectivity index (χ0n) is 8.60. The molecule has 0 radical (unpaired) electrons. The number of hydrogen-bond donors (Lipinski definition) is 3. The monoisotopic (exact) mass is 219 g/mol. The van der Waals surface area contributed by atoms with Gasteiger partial charge in [0.1, 0.15) is 5.58 Å². The molecule has 0 aliphatic carbocycles. The van der Waals surface area contributed by atoms with Gasteiger partial charge in [0.25, 0.3) is 5.91 Å². The van der Waals surface area contributed by atoms with Gasteiger partial charge in [0, 0.05) is 12.4 Å². The third-order valence-corrected chi connectivity index (χ3v) is 2.29. The molecular formula is C10H10BNO4. The average Bonchev–Trinajstić information content (AvgIpc) is 2.70. The summed E-state index contributed by atoms with van der Waals surface area (Å²) in [5.74, 6) is -0.121. The van der Waals surface area contributed by atoms with Crippen LogP contribution in [0.3, 0.4) is 0 Å². The second-order valence-corrected chi connectivity index (χ2v) is 3.36. The third kappa shape index (κ3) is 1.80. The molecule has 0 aliphatic rings. The largest absolute Gasteiger partial charge is 0.488 e. The molecule has 2 aromatic rings. The van der Waals surface area contributed by atoms with Crippen molar-refractivity contribution in [3.05, 3.63) is 30.0 Å². The summed E-state index contributed by atoms with van der Waals surface area (Å²) in [6.07, 6.45) is 0. The highest BCUT2D eigenvalue weighted by Crippen LogP contribution is 2.17. The molecule has 3 N–H and O–H groups in total. The Labute approximate surface area is 91.8 Å². The number of nitrogens with one attached hydrogen (secondary N) is 1. The van der Waals surface area contributed by atoms with Crippen LogP contribution in [0.2, 0.25) is 0 Å². The van der Waals surface area contributed by atoms with Crippen LogP contribution in [0, 0.1) is 0 Å². The third-order valence-electron chi connectivity index (χ3n) is 2.29. The molecule has 16 heavy (non-hydrogen) atoms. The standard InChI is InChI=1S/C10H10BNO4/c1-12-10(13)9-5-6-4-7(11(14)15)2-3-8(6)16-9/h2-5,14-15H,1H3,(H,12,13). The summed E-state index contributed by atoms with van der Waals surface area (Å²) >= 11 is 0. The lowest BCUT2D eigenvalue weighted by Crippen LogP contribution is -2.29. The molecule has 1 aromatic heterocycles. The van der Waals surface area contributed by atoms with Crippen molar-refractivity contribution in [1.29, 1.82) is 0 Å². The van der Waals surface area contributed by atoms with E-state index in [9.17, 15) is 4.79 Å². The Hall–Kier alpha value is -1.79. The van der Waals surface area contributed by atoms with Crippen LogP contribution in [0.1, 0.15) is 10.6 Å². The number of hydrogen-bond acceptors (Lipinski definition) is 4. The molecule has 0 atom stereocenters. The Bertz CT molecular complexity index is 535. The topological polar surface area (TPSA) is 82.7 Å². The zero-order valence-corrected chi connectivity index (χ0v) is 8.60. The van der Waals surface area contributed by atoms with Crippen LogP contribution >= 0.6 is 0 Å². The predicted octanol–water partition coefficient (Wildman–Crippen LogP) is -0.528. The minimum atomic E-state index is -1.53. The number of rotatable bonds is 2. The second-order valence-electron chi connectivity index (χ2n) is 3.36. The lowest BCUT2D eigenvalue weighted by molar-refractivity contribution is 0.0938. The molecule has 2 rings (SSSR count). The van der Waals surface area contributed by atoms with Gasteiger partial charge < -0.3 is 19.8 Å². The fraction of sp³-hybridized carbons (Fsp3) is 0.100. The van der Waals surface area contributed by atoms with Crippen LogP contribution < -0.4 is 10.8 Å². The van der Waals surface area contributed by atoms with E-state index in [1.54, 1.807) is 18.2 Å². The van der Waals surface area contributed by atoms with Crippen LogP contribution in [0.25, 0.3) is 11.0 Å². The van der Waals surface area contributed by atoms with Gasteiger partial charge in [-0.15, -0.1) is 0 Å². The van der Waals surface area contributed by atoms with E-state index < -0.39 is 7.12 Å². The smallest absolute Gasteiger partial charge is 0.451 e. The number of amides is 1. The molecule has 1 aromatic carbocycles. The van der Waals surface area contributed by atoms with Crippen molar-refractivity contribution in [3.8, 4) is 0 Å². The maximum Gasteiger partial charge on any atom is 0.488 e. The van der Waals surface area contributed by atoms with Crippen molar-refractivity contribution >= 4 is 29.5 Å². The fourth-order valence-electron chi connectivity index (χ4n) is 1.46. The van der Waals surface area contributed by atoms with Crippen LogP contribution in [0.4, 0.5) is 0 Å². The van der Waals surface area contributed by atoms with Gasteiger partial charge in [0.15, 0.2) is 5.76 Å². The Balaban J connectivity index is 2.50. The van der Waals surface area contributed by atoms with Crippen molar-refractivity contribution in [2.45, 2.75) is 0 Å². The molecule has 5 nitrogen and oxygen atoms in total. The molecule has 1 amide bonds. The van der Waals surface area contributed by atoms with Crippen molar-refractivity contribution in [1.82, 2.24) is 5.32 Å². The summed E-state index contributed by atoms with van der Waals surface area (Å²) in [6.45, 7) is 0. The molecule has 0 saturated heterocycles. The first-order valence-electron chi connectivity index (χ1n) is 4.73. The number of benzene rings is 1. The van der Waals surface area contributed by atoms with Crippen molar-refractivity contribution in [2.24, 2.45) is 0 Å². The number of fused-ring (bicyclic) bond motifs is 1. The molecule has 0 saturated carbocycles. The maximum atomic E-state index is 11.3. The minimum Gasteiger partial charge on any atom is -0.451 e. The number of carbonyl (C=O) groups excluding carboxylic acids is 1. The average molecular weight is 219 g/mol. The highest BCUT2D eigenvalue weighted by Gasteiger charge is 2.14. The van der Waals surface area contributed by atoms with E-state index in [0.717, 1.165) is 0 Å². The summed E-state index contributed by atoms with van der Waals surface area (Å²) in [7, 11) is -0.0129. The Kier molecular flexibility index (Phi) is 2.68. The maximum absolute atomic E-state index is 11.3. The van der Waals surface area contributed by atoms with Gasteiger partial charge in [-0.05, 0) is 17.6 Å². The lowest BCUT2D eigenvalue weighted by atomic mass is 9.80. The van der Waals surface area contributed by atoms with Crippen LogP contribution in [-0.2, 0) is 0 Å². The summed E-state index contributed by atoms with van der Waals surface area (Å²) in [5.41, 5.74) is 0.889. The van der Waals surface area contributed by atoms with E-state index in [1.165, 1.54) is 13.1 Å². The molecule has 0 spiro atoms. The molecule has 6 heteroatoms. The molecule has 82 valence electrons. The Morgan fingerprint density at radius 2 is 2.12 bits per heavy atom. The number of furan rings is 1. The van der Waals surface area contributed by atoms with Crippen LogP contribution in [0.15, 0.2) is 28.7 Å². The molecule has 0 unspecified atom stereocenters. The van der Waals surface area contributed by atoms with Gasteiger partial charge in [-0.3, -0.25) is 4.79 Å². The van der Waals surface area contributed by atoms with Gasteiger partial charge in [0.05, 0.1) is 0 Å². The molecule has 0 bridgehead atoms. The van der Waals surface area contributed by atoms with Gasteiger partial charge >= 0.3 is 7.12 Å². The highest BCUT2D eigenvalue weighted by molar-refractivity contribution is 6.58. The summed E-state index contributed by atoms with van der Waals surface area (Å²) in [5, 5.41) is 21.1. The SMILES string of the molecule is CNC(=O)c1cc2cc(B(O)O)ccc2o1. The fourth-order valence-corrected chi connectivity index (χ4v) is 1.46. The van der Waals surface area contributed by atoms with E-state index in [1.807, 2.05) is 0 Å². The Morgan fingerprint density at radius 3 is 2.75 bits per heavy atom. The number of carbonyl (C=O) groups is 1. The van der Waals surface area contributed by atoms with Gasteiger partial charge in [-0.2, -0.15) is 0 Å². The van der Waals surface area contributed by atoms with Crippen molar-refractivity contribution < 1.29 is 19.3 Å². The molecular weight excluding hydrogens is 209 g/mol. The van der Waals surface area contributed by atoms with E-state index >= 15 is 0 Å². The van der Waals surface area contributed by atoms with E-state index in [0.29, 0.717) is 16.4 Å². The molecule has 0 aliphatic heterocycles. The highest BCUT2D eigenvalue weighted by atomic mass is 16.4. The van der Waals surface area contributed by atoms with Gasteiger partial charge in [0.2, 0.25) is 0 Å². The quantitative estimate of drug-likeness (QED) is 0.593. The first kappa shape index (κ1) is 10.7. The summed E-state index contributed by atoms with van der Waals surface area (Å²) in [4.78, 5) is 11.3. The minimum absolute atomic E-state index is 0.196. The van der Waals surface area contributed by atoms with E-state index in [2.05, 4.69) is 5.32 Å². The van der Waals surface area contributed by atoms with Crippen LogP contribution in [-0.4, -0.2) is 30.1 Å². The van der Waals surface area contributed by atoms with Crippen LogP contribution in [0.5, 0.6) is 0 Å². The molecule has 0 fully saturated rings. The van der Waals surface area contributed by atoms with E-state index in [-0.39, 0.29) is 11.7 Å². The first-order chi connectivity index (χ1) is 7.61. The van der Waals surface area contributed by atoms with Crippen molar-refractivity contribution in [3.63, 3.8) is 0 Å². The normalized spacial score (nSPS) is 10.4. The molecule has 1 heterocycles. The predicted molar refractivity (Wildman–Crippen MR) is 59.4 cm³/mol. The first-order valence-corrected chi connectivity index (χ1v) is 4.73. The zero-order chi connectivity index (χ0) is 11.7. The second kappa shape index (κ2) is 4.00. The van der Waals surface area contributed by atoms with E-state index in [4.69, 9.17) is 14.5 Å². The Morgan fingerprint density at radius 1 is 1.38 bits per heavy atom. The lowest BCUT2D eigenvalue weighted by Gasteiger charge is -1.97. The summed E-state index contributed by atoms with van der Waals surface area (Å²) < 4.78 is 5.28. The van der Waals surface area contributed by atoms with Gasteiger partial charge in [-0.1, -0.05) is 12.1 Å². The summed E-state index contributed by atoms with van der Waals surface area (Å²) in [6, 6.07) is 6.25.